The van der Waals surface area contributed by atoms with Crippen LogP contribution in [0.3, 0.4) is 0 Å². The lowest BCUT2D eigenvalue weighted by Crippen LogP contribution is -2.01. The van der Waals surface area contributed by atoms with Crippen LogP contribution in [0.1, 0.15) is 15.9 Å². The zero-order chi connectivity index (χ0) is 15.6. The fourth-order valence-corrected chi connectivity index (χ4v) is 1.79. The van der Waals surface area contributed by atoms with Crippen molar-refractivity contribution in [2.24, 2.45) is 0 Å². The molecule has 0 atom stereocenters. The fraction of sp³-hybridized carbons (Fsp3) is 0.0769. The molecular formula is C13H9ClN2O5. The summed E-state index contributed by atoms with van der Waals surface area (Å²) in [6.07, 6.45) is 1.28. The van der Waals surface area contributed by atoms with Crippen LogP contribution in [0.2, 0.25) is 5.02 Å². The smallest absolute Gasteiger partial charge is 0.339 e. The third-order valence-corrected chi connectivity index (χ3v) is 2.87. The van der Waals surface area contributed by atoms with Crippen molar-refractivity contribution in [3.63, 3.8) is 0 Å². The third-order valence-electron chi connectivity index (χ3n) is 2.63. The molecule has 0 saturated carbocycles. The van der Waals surface area contributed by atoms with E-state index in [1.54, 1.807) is 6.92 Å². The minimum atomic E-state index is -1.23. The lowest BCUT2D eigenvalue weighted by Gasteiger charge is -2.08. The molecule has 7 nitrogen and oxygen atoms in total. The van der Waals surface area contributed by atoms with Gasteiger partial charge in [0.15, 0.2) is 0 Å². The largest absolute Gasteiger partial charge is 0.478 e. The van der Waals surface area contributed by atoms with Crippen molar-refractivity contribution in [3.05, 3.63) is 56.7 Å². The lowest BCUT2D eigenvalue weighted by atomic mass is 10.2. The molecule has 0 aliphatic rings. The molecule has 0 unspecified atom stereocenters. The molecule has 2 aromatic rings. The quantitative estimate of drug-likeness (QED) is 0.685. The number of nitro groups is 1. The summed E-state index contributed by atoms with van der Waals surface area (Å²) in [7, 11) is 0. The molecule has 1 aromatic heterocycles. The fourth-order valence-electron chi connectivity index (χ4n) is 1.62. The van der Waals surface area contributed by atoms with Gasteiger partial charge in [0.05, 0.1) is 11.0 Å². The van der Waals surface area contributed by atoms with Crippen LogP contribution in [0.25, 0.3) is 0 Å². The molecule has 0 amide bonds. The van der Waals surface area contributed by atoms with Crippen molar-refractivity contribution >= 4 is 23.3 Å². The average Bonchev–Trinajstić information content (AvgIpc) is 2.42. The number of carboxylic acid groups (broad SMARTS) is 1. The van der Waals surface area contributed by atoms with Crippen molar-refractivity contribution in [2.75, 3.05) is 0 Å². The van der Waals surface area contributed by atoms with Gasteiger partial charge in [0.2, 0.25) is 5.88 Å². The van der Waals surface area contributed by atoms with E-state index in [-0.39, 0.29) is 27.9 Å². The summed E-state index contributed by atoms with van der Waals surface area (Å²) in [6, 6.07) is 5.17. The molecule has 0 aliphatic heterocycles. The number of aryl methyl sites for hydroxylation is 1. The van der Waals surface area contributed by atoms with E-state index in [1.807, 2.05) is 0 Å². The third kappa shape index (κ3) is 3.26. The van der Waals surface area contributed by atoms with Gasteiger partial charge >= 0.3 is 5.97 Å². The van der Waals surface area contributed by atoms with Crippen LogP contribution >= 0.6 is 11.6 Å². The Morgan fingerprint density at radius 1 is 1.43 bits per heavy atom. The summed E-state index contributed by atoms with van der Waals surface area (Å²) >= 11 is 5.73. The van der Waals surface area contributed by atoms with Crippen LogP contribution in [-0.2, 0) is 0 Å². The van der Waals surface area contributed by atoms with Crippen molar-refractivity contribution in [2.45, 2.75) is 6.92 Å². The van der Waals surface area contributed by atoms with Crippen molar-refractivity contribution in [3.8, 4) is 11.6 Å². The number of rotatable bonds is 4. The lowest BCUT2D eigenvalue weighted by molar-refractivity contribution is -0.385. The van der Waals surface area contributed by atoms with Gasteiger partial charge < -0.3 is 9.84 Å². The minimum absolute atomic E-state index is 0.00227. The van der Waals surface area contributed by atoms with Gasteiger partial charge in [0.1, 0.15) is 11.3 Å². The van der Waals surface area contributed by atoms with E-state index >= 15 is 0 Å². The molecule has 1 aromatic carbocycles. The van der Waals surface area contributed by atoms with Crippen molar-refractivity contribution in [1.82, 2.24) is 4.98 Å². The second kappa shape index (κ2) is 5.76. The van der Waals surface area contributed by atoms with E-state index in [2.05, 4.69) is 4.98 Å². The molecule has 8 heteroatoms. The van der Waals surface area contributed by atoms with Crippen molar-refractivity contribution < 1.29 is 19.6 Å². The van der Waals surface area contributed by atoms with E-state index in [9.17, 15) is 14.9 Å². The number of hydrogen-bond acceptors (Lipinski definition) is 5. The first kappa shape index (κ1) is 14.7. The SMILES string of the molecule is Cc1cnc(Oc2ccc(Cl)cc2C(=O)O)cc1[N+](=O)[O-]. The normalized spacial score (nSPS) is 10.2. The Morgan fingerprint density at radius 2 is 2.14 bits per heavy atom. The predicted molar refractivity (Wildman–Crippen MR) is 74.1 cm³/mol. The van der Waals surface area contributed by atoms with Gasteiger partial charge in [-0.1, -0.05) is 11.6 Å². The molecular weight excluding hydrogens is 300 g/mol. The maximum absolute atomic E-state index is 11.1. The average molecular weight is 309 g/mol. The predicted octanol–water partition coefficient (Wildman–Crippen LogP) is 3.44. The number of carboxylic acids is 1. The van der Waals surface area contributed by atoms with Crippen LogP contribution in [0, 0.1) is 17.0 Å². The monoisotopic (exact) mass is 308 g/mol. The summed E-state index contributed by atoms with van der Waals surface area (Å²) in [4.78, 5) is 25.3. The zero-order valence-electron chi connectivity index (χ0n) is 10.7. The van der Waals surface area contributed by atoms with Crippen molar-refractivity contribution in [1.29, 1.82) is 0 Å². The van der Waals surface area contributed by atoms with Crippen LogP contribution in [-0.4, -0.2) is 21.0 Å². The van der Waals surface area contributed by atoms with Crippen LogP contribution in [0.5, 0.6) is 11.6 Å². The minimum Gasteiger partial charge on any atom is -0.478 e. The van der Waals surface area contributed by atoms with Gasteiger partial charge in [-0.25, -0.2) is 9.78 Å². The maximum Gasteiger partial charge on any atom is 0.339 e. The van der Waals surface area contributed by atoms with E-state index in [0.29, 0.717) is 5.56 Å². The Kier molecular flexibility index (Phi) is 4.04. The molecule has 0 saturated heterocycles. The van der Waals surface area contributed by atoms with Gasteiger partial charge in [-0.3, -0.25) is 10.1 Å². The number of halogens is 1. The summed E-state index contributed by atoms with van der Waals surface area (Å²) in [5.41, 5.74) is 0.0558. The molecule has 108 valence electrons. The topological polar surface area (TPSA) is 103 Å². The Bertz CT molecular complexity index is 732. The highest BCUT2D eigenvalue weighted by Crippen LogP contribution is 2.29. The van der Waals surface area contributed by atoms with Gasteiger partial charge in [0, 0.05) is 16.8 Å². The molecule has 0 bridgehead atoms. The standard InChI is InChI=1S/C13H9ClN2O5/c1-7-6-15-12(5-10(7)16(19)20)21-11-3-2-8(14)4-9(11)13(17)18/h2-6H,1H3,(H,17,18). The number of hydrogen-bond donors (Lipinski definition) is 1. The number of aromatic nitrogens is 1. The summed E-state index contributed by atoms with van der Waals surface area (Å²) in [6.45, 7) is 1.54. The maximum atomic E-state index is 11.1. The Hall–Kier alpha value is -2.67. The Balaban J connectivity index is 2.41. The highest BCUT2D eigenvalue weighted by Gasteiger charge is 2.16. The first-order valence-corrected chi connectivity index (χ1v) is 6.08. The van der Waals surface area contributed by atoms with E-state index < -0.39 is 10.9 Å². The Morgan fingerprint density at radius 3 is 2.76 bits per heavy atom. The molecule has 2 rings (SSSR count). The summed E-state index contributed by atoms with van der Waals surface area (Å²) in [5, 5.41) is 20.2. The first-order valence-electron chi connectivity index (χ1n) is 5.70. The van der Waals surface area contributed by atoms with Crippen LogP contribution in [0.4, 0.5) is 5.69 Å². The first-order chi connectivity index (χ1) is 9.88. The van der Waals surface area contributed by atoms with E-state index in [0.717, 1.165) is 6.07 Å². The number of benzene rings is 1. The number of pyridine rings is 1. The summed E-state index contributed by atoms with van der Waals surface area (Å²) in [5.74, 6) is -1.30. The molecule has 1 heterocycles. The number of aromatic carboxylic acids is 1. The van der Waals surface area contributed by atoms with Gasteiger partial charge in [0.25, 0.3) is 5.69 Å². The second-order valence-electron chi connectivity index (χ2n) is 4.11. The van der Waals surface area contributed by atoms with E-state index in [4.69, 9.17) is 21.4 Å². The van der Waals surface area contributed by atoms with Crippen LogP contribution < -0.4 is 4.74 Å². The molecule has 0 radical (unpaired) electrons. The zero-order valence-corrected chi connectivity index (χ0v) is 11.5. The highest BCUT2D eigenvalue weighted by molar-refractivity contribution is 6.31. The number of nitrogens with zero attached hydrogens (tertiary/aromatic N) is 2. The molecule has 0 spiro atoms. The highest BCUT2D eigenvalue weighted by atomic mass is 35.5. The van der Waals surface area contributed by atoms with Gasteiger partial charge in [-0.05, 0) is 25.1 Å². The Labute approximate surface area is 123 Å². The van der Waals surface area contributed by atoms with E-state index in [1.165, 1.54) is 24.4 Å². The number of carbonyl (C=O) groups is 1. The molecule has 0 aliphatic carbocycles. The number of ether oxygens (including phenoxy) is 1. The van der Waals surface area contributed by atoms with Crippen LogP contribution in [0.15, 0.2) is 30.5 Å². The molecule has 1 N–H and O–H groups in total. The molecule has 0 fully saturated rings. The second-order valence-corrected chi connectivity index (χ2v) is 4.55. The van der Waals surface area contributed by atoms with Gasteiger partial charge in [-0.15, -0.1) is 0 Å². The summed E-state index contributed by atoms with van der Waals surface area (Å²) < 4.78 is 5.32. The van der Waals surface area contributed by atoms with Gasteiger partial charge in [-0.2, -0.15) is 0 Å². The molecule has 21 heavy (non-hydrogen) atoms.